The van der Waals surface area contributed by atoms with Gasteiger partial charge in [0, 0.05) is 0 Å². The first-order chi connectivity index (χ1) is 7.65. The van der Waals surface area contributed by atoms with Crippen molar-refractivity contribution in [3.8, 4) is 0 Å². The van der Waals surface area contributed by atoms with Crippen LogP contribution in [0.3, 0.4) is 0 Å². The molecule has 0 aliphatic rings. The molecule has 92 valence electrons. The van der Waals surface area contributed by atoms with Gasteiger partial charge in [-0.1, -0.05) is 5.21 Å². The summed E-state index contributed by atoms with van der Waals surface area (Å²) in [6, 6.07) is 0. The van der Waals surface area contributed by atoms with Gasteiger partial charge in [0.1, 0.15) is 6.29 Å². The summed E-state index contributed by atoms with van der Waals surface area (Å²) in [5.41, 5.74) is 0.472. The summed E-state index contributed by atoms with van der Waals surface area (Å²) in [6.45, 7) is 3.84. The second-order valence-corrected chi connectivity index (χ2v) is 4.99. The Kier molecular flexibility index (Phi) is 5.08. The topological polar surface area (TPSA) is 86.5 Å². The highest BCUT2D eigenvalue weighted by Crippen LogP contribution is 2.49. The zero-order valence-electron chi connectivity index (χ0n) is 9.37. The molecule has 7 nitrogen and oxygen atoms in total. The van der Waals surface area contributed by atoms with Gasteiger partial charge in [0.2, 0.25) is 0 Å². The van der Waals surface area contributed by atoms with Gasteiger partial charge in [-0.15, -0.1) is 5.10 Å². The molecule has 0 aliphatic carbocycles. The van der Waals surface area contributed by atoms with Crippen LogP contribution in [0.4, 0.5) is 0 Å². The van der Waals surface area contributed by atoms with E-state index in [-0.39, 0.29) is 12.9 Å². The van der Waals surface area contributed by atoms with E-state index >= 15 is 0 Å². The molecule has 1 aromatic heterocycles. The molecule has 0 atom stereocenters. The Bertz CT molecular complexity index is 358. The van der Waals surface area contributed by atoms with Crippen molar-refractivity contribution in [3.63, 3.8) is 0 Å². The molecule has 0 saturated carbocycles. The summed E-state index contributed by atoms with van der Waals surface area (Å²) in [5, 5.41) is 16.3. The molecule has 16 heavy (non-hydrogen) atoms. The number of aliphatic hydroxyl groups excluding tert-OH is 1. The molecule has 0 amide bonds. The highest BCUT2D eigenvalue weighted by Gasteiger charge is 2.25. The first-order valence-electron chi connectivity index (χ1n) is 5.01. The van der Waals surface area contributed by atoms with Crippen LogP contribution in [0.2, 0.25) is 0 Å². The summed E-state index contributed by atoms with van der Waals surface area (Å²) in [5.74, 6) is 0. The summed E-state index contributed by atoms with van der Waals surface area (Å²) < 4.78 is 23.7. The zero-order chi connectivity index (χ0) is 12.0. The van der Waals surface area contributed by atoms with Gasteiger partial charge in [-0.3, -0.25) is 4.57 Å². The predicted molar refractivity (Wildman–Crippen MR) is 56.8 cm³/mol. The molecule has 1 N–H and O–H groups in total. The van der Waals surface area contributed by atoms with Crippen molar-refractivity contribution in [2.45, 2.75) is 26.7 Å². The van der Waals surface area contributed by atoms with Crippen LogP contribution in [0, 0.1) is 0 Å². The Balaban J connectivity index is 2.79. The standard InChI is InChI=1S/C8H16N3O4P/c1-3-14-16(13,15-4-2)7-11-8(6-12)5-9-10-11/h5,12H,3-4,6-7H2,1-2H3. The van der Waals surface area contributed by atoms with Gasteiger partial charge in [0.15, 0.2) is 0 Å². The zero-order valence-corrected chi connectivity index (χ0v) is 10.3. The van der Waals surface area contributed by atoms with E-state index in [2.05, 4.69) is 10.3 Å². The van der Waals surface area contributed by atoms with Crippen LogP contribution in [0.1, 0.15) is 19.5 Å². The van der Waals surface area contributed by atoms with Gasteiger partial charge in [-0.25, -0.2) is 4.68 Å². The monoisotopic (exact) mass is 249 g/mol. The predicted octanol–water partition coefficient (Wildman–Crippen LogP) is 0.994. The lowest BCUT2D eigenvalue weighted by Crippen LogP contribution is -2.09. The second kappa shape index (κ2) is 6.10. The van der Waals surface area contributed by atoms with Gasteiger partial charge < -0.3 is 14.2 Å². The van der Waals surface area contributed by atoms with Gasteiger partial charge in [0.05, 0.1) is 31.7 Å². The van der Waals surface area contributed by atoms with E-state index in [1.165, 1.54) is 10.9 Å². The molecule has 1 rings (SSSR count). The average molecular weight is 249 g/mol. The fraction of sp³-hybridized carbons (Fsp3) is 0.750. The molecule has 0 fully saturated rings. The van der Waals surface area contributed by atoms with E-state index in [4.69, 9.17) is 14.2 Å². The maximum Gasteiger partial charge on any atom is 0.352 e. The Morgan fingerprint density at radius 3 is 2.56 bits per heavy atom. The minimum absolute atomic E-state index is 0.0371. The van der Waals surface area contributed by atoms with Crippen LogP contribution in [0.25, 0.3) is 0 Å². The largest absolute Gasteiger partial charge is 0.390 e. The molecule has 1 aromatic rings. The molecular formula is C8H16N3O4P. The van der Waals surface area contributed by atoms with Crippen molar-refractivity contribution in [2.24, 2.45) is 0 Å². The lowest BCUT2D eigenvalue weighted by Gasteiger charge is -2.17. The van der Waals surface area contributed by atoms with Crippen LogP contribution in [-0.4, -0.2) is 33.3 Å². The van der Waals surface area contributed by atoms with Crippen molar-refractivity contribution in [1.29, 1.82) is 0 Å². The number of hydrogen-bond acceptors (Lipinski definition) is 6. The van der Waals surface area contributed by atoms with E-state index in [0.29, 0.717) is 18.9 Å². The smallest absolute Gasteiger partial charge is 0.352 e. The molecule has 0 unspecified atom stereocenters. The molecular weight excluding hydrogens is 233 g/mol. The normalized spacial score (nSPS) is 11.9. The number of rotatable bonds is 7. The molecule has 0 bridgehead atoms. The van der Waals surface area contributed by atoms with Crippen molar-refractivity contribution < 1.29 is 18.7 Å². The number of aromatic nitrogens is 3. The van der Waals surface area contributed by atoms with Gasteiger partial charge in [-0.05, 0) is 13.8 Å². The van der Waals surface area contributed by atoms with Crippen LogP contribution < -0.4 is 0 Å². The summed E-state index contributed by atoms with van der Waals surface area (Å²) in [6.07, 6.45) is 1.37. The Morgan fingerprint density at radius 2 is 2.06 bits per heavy atom. The SMILES string of the molecule is CCOP(=O)(Cn1nncc1CO)OCC. The van der Waals surface area contributed by atoms with E-state index in [9.17, 15) is 4.57 Å². The molecule has 0 radical (unpaired) electrons. The Hall–Kier alpha value is -0.750. The molecule has 0 aromatic carbocycles. The van der Waals surface area contributed by atoms with E-state index in [0.717, 1.165) is 0 Å². The quantitative estimate of drug-likeness (QED) is 0.725. The highest BCUT2D eigenvalue weighted by atomic mass is 31.2. The Morgan fingerprint density at radius 1 is 1.44 bits per heavy atom. The minimum atomic E-state index is -3.20. The van der Waals surface area contributed by atoms with E-state index in [1.807, 2.05) is 0 Å². The molecule has 0 aliphatic heterocycles. The van der Waals surface area contributed by atoms with E-state index < -0.39 is 7.60 Å². The Labute approximate surface area is 93.9 Å². The van der Waals surface area contributed by atoms with Gasteiger partial charge in [0.25, 0.3) is 0 Å². The third-order valence-electron chi connectivity index (χ3n) is 1.82. The van der Waals surface area contributed by atoms with Crippen LogP contribution in [-0.2, 0) is 26.5 Å². The average Bonchev–Trinajstić information content (AvgIpc) is 2.65. The van der Waals surface area contributed by atoms with Crippen LogP contribution in [0.15, 0.2) is 6.20 Å². The minimum Gasteiger partial charge on any atom is -0.390 e. The number of nitrogens with zero attached hydrogens (tertiary/aromatic N) is 3. The fourth-order valence-electron chi connectivity index (χ4n) is 1.20. The lowest BCUT2D eigenvalue weighted by atomic mass is 10.5. The number of hydrogen-bond donors (Lipinski definition) is 1. The maximum absolute atomic E-state index is 12.1. The summed E-state index contributed by atoms with van der Waals surface area (Å²) in [7, 11) is -3.20. The first kappa shape index (κ1) is 13.3. The summed E-state index contributed by atoms with van der Waals surface area (Å²) >= 11 is 0. The third-order valence-corrected chi connectivity index (χ3v) is 3.74. The summed E-state index contributed by atoms with van der Waals surface area (Å²) in [4.78, 5) is 0. The second-order valence-electron chi connectivity index (χ2n) is 2.97. The van der Waals surface area contributed by atoms with Gasteiger partial charge >= 0.3 is 7.60 Å². The molecule has 8 heteroatoms. The maximum atomic E-state index is 12.1. The van der Waals surface area contributed by atoms with Crippen molar-refractivity contribution in [1.82, 2.24) is 15.0 Å². The first-order valence-corrected chi connectivity index (χ1v) is 6.74. The molecule has 0 spiro atoms. The van der Waals surface area contributed by atoms with Crippen LogP contribution in [0.5, 0.6) is 0 Å². The van der Waals surface area contributed by atoms with E-state index in [1.54, 1.807) is 13.8 Å². The van der Waals surface area contributed by atoms with Gasteiger partial charge in [-0.2, -0.15) is 0 Å². The highest BCUT2D eigenvalue weighted by molar-refractivity contribution is 7.52. The third kappa shape index (κ3) is 3.38. The van der Waals surface area contributed by atoms with Crippen molar-refractivity contribution >= 4 is 7.60 Å². The van der Waals surface area contributed by atoms with Crippen molar-refractivity contribution in [2.75, 3.05) is 13.2 Å². The fourth-order valence-corrected chi connectivity index (χ4v) is 2.79. The van der Waals surface area contributed by atoms with Crippen LogP contribution >= 0.6 is 7.60 Å². The molecule has 0 saturated heterocycles. The number of aliphatic hydroxyl groups is 1. The lowest BCUT2D eigenvalue weighted by molar-refractivity contribution is 0.210. The van der Waals surface area contributed by atoms with Crippen molar-refractivity contribution in [3.05, 3.63) is 11.9 Å². The molecule has 1 heterocycles.